The number of halogens is 1. The predicted octanol–water partition coefficient (Wildman–Crippen LogP) is 1.64. The second-order valence-corrected chi connectivity index (χ2v) is 3.60. The van der Waals surface area contributed by atoms with Crippen LogP contribution in [0, 0.1) is 0 Å². The number of ether oxygens (including phenoxy) is 1. The molecule has 0 aromatic heterocycles. The van der Waals surface area contributed by atoms with Crippen LogP contribution in [0.3, 0.4) is 0 Å². The second kappa shape index (κ2) is 7.92. The minimum absolute atomic E-state index is 0. The summed E-state index contributed by atoms with van der Waals surface area (Å²) in [6, 6.07) is 7.61. The lowest BCUT2D eigenvalue weighted by Gasteiger charge is -2.14. The first kappa shape index (κ1) is 15.7. The number of benzene rings is 1. The lowest BCUT2D eigenvalue weighted by molar-refractivity contribution is -0.121. The smallest absolute Gasteiger partial charge is 0.221 e. The summed E-state index contributed by atoms with van der Waals surface area (Å²) >= 11 is 0. The van der Waals surface area contributed by atoms with Crippen molar-refractivity contribution in [3.63, 3.8) is 0 Å². The van der Waals surface area contributed by atoms with Crippen LogP contribution in [0.15, 0.2) is 24.3 Å². The summed E-state index contributed by atoms with van der Waals surface area (Å²) in [5.74, 6) is 0.759. The van der Waals surface area contributed by atoms with Crippen LogP contribution in [-0.4, -0.2) is 19.6 Å². The highest BCUT2D eigenvalue weighted by Crippen LogP contribution is 2.18. The third-order valence-corrected chi connectivity index (χ3v) is 2.34. The van der Waals surface area contributed by atoms with Gasteiger partial charge in [0.2, 0.25) is 5.91 Å². The summed E-state index contributed by atoms with van der Waals surface area (Å²) in [5, 5.41) is 2.87. The van der Waals surface area contributed by atoms with Gasteiger partial charge in [0.15, 0.2) is 0 Å². The van der Waals surface area contributed by atoms with Crippen molar-refractivity contribution in [3.05, 3.63) is 29.8 Å². The summed E-state index contributed by atoms with van der Waals surface area (Å²) in [7, 11) is 1.62. The van der Waals surface area contributed by atoms with E-state index in [9.17, 15) is 4.79 Å². The molecule has 3 N–H and O–H groups in total. The van der Waals surface area contributed by atoms with Crippen molar-refractivity contribution in [1.82, 2.24) is 5.32 Å². The first-order valence-corrected chi connectivity index (χ1v) is 5.30. The van der Waals surface area contributed by atoms with E-state index >= 15 is 0 Å². The zero-order valence-electron chi connectivity index (χ0n) is 10.1. The maximum atomic E-state index is 11.4. The molecule has 17 heavy (non-hydrogen) atoms. The molecule has 0 saturated carbocycles. The Morgan fingerprint density at radius 1 is 1.53 bits per heavy atom. The second-order valence-electron chi connectivity index (χ2n) is 3.60. The number of carbonyl (C=O) groups excluding carboxylic acids is 1. The maximum absolute atomic E-state index is 11.4. The number of nitrogens with two attached hydrogens (primary N) is 1. The Morgan fingerprint density at radius 3 is 2.82 bits per heavy atom. The highest BCUT2D eigenvalue weighted by molar-refractivity contribution is 5.85. The largest absolute Gasteiger partial charge is 0.497 e. The summed E-state index contributed by atoms with van der Waals surface area (Å²) < 4.78 is 5.12. The fourth-order valence-corrected chi connectivity index (χ4v) is 1.44. The van der Waals surface area contributed by atoms with E-state index < -0.39 is 0 Å². The molecule has 0 radical (unpaired) electrons. The Bertz CT molecular complexity index is 358. The van der Waals surface area contributed by atoms with Gasteiger partial charge in [0.1, 0.15) is 5.75 Å². The van der Waals surface area contributed by atoms with Crippen molar-refractivity contribution in [2.45, 2.75) is 19.4 Å². The van der Waals surface area contributed by atoms with Crippen LogP contribution >= 0.6 is 12.4 Å². The predicted molar refractivity (Wildman–Crippen MR) is 70.5 cm³/mol. The molecule has 1 unspecified atom stereocenters. The molecule has 0 aliphatic rings. The van der Waals surface area contributed by atoms with Crippen LogP contribution in [0.4, 0.5) is 0 Å². The quantitative estimate of drug-likeness (QED) is 0.844. The van der Waals surface area contributed by atoms with Gasteiger partial charge in [-0.3, -0.25) is 4.79 Å². The summed E-state index contributed by atoms with van der Waals surface area (Å²) in [6.45, 7) is 2.31. The van der Waals surface area contributed by atoms with Gasteiger partial charge in [-0.25, -0.2) is 0 Å². The molecule has 1 amide bonds. The summed E-state index contributed by atoms with van der Waals surface area (Å²) in [4.78, 5) is 11.4. The van der Waals surface area contributed by atoms with E-state index in [1.165, 1.54) is 0 Å². The lowest BCUT2D eigenvalue weighted by atomic mass is 10.1. The van der Waals surface area contributed by atoms with Crippen molar-refractivity contribution in [2.75, 3.05) is 13.7 Å². The third kappa shape index (κ3) is 5.06. The molecule has 5 heteroatoms. The number of hydrogen-bond acceptors (Lipinski definition) is 3. The zero-order valence-corrected chi connectivity index (χ0v) is 10.9. The molecule has 0 aliphatic carbocycles. The zero-order chi connectivity index (χ0) is 12.0. The number of hydrogen-bond donors (Lipinski definition) is 2. The topological polar surface area (TPSA) is 64.3 Å². The Morgan fingerprint density at radius 2 is 2.24 bits per heavy atom. The van der Waals surface area contributed by atoms with Crippen LogP contribution in [0.2, 0.25) is 0 Å². The molecule has 0 heterocycles. The van der Waals surface area contributed by atoms with E-state index in [1.807, 2.05) is 31.2 Å². The van der Waals surface area contributed by atoms with Gasteiger partial charge in [-0.15, -0.1) is 12.4 Å². The normalized spacial score (nSPS) is 11.2. The fourth-order valence-electron chi connectivity index (χ4n) is 1.44. The molecule has 1 aromatic rings. The number of rotatable bonds is 5. The Hall–Kier alpha value is -1.26. The van der Waals surface area contributed by atoms with Crippen LogP contribution in [0.25, 0.3) is 0 Å². The Labute approximate surface area is 108 Å². The van der Waals surface area contributed by atoms with Crippen LogP contribution in [0.5, 0.6) is 5.75 Å². The Balaban J connectivity index is 0.00000256. The van der Waals surface area contributed by atoms with Crippen molar-refractivity contribution in [2.24, 2.45) is 5.73 Å². The molecule has 0 fully saturated rings. The van der Waals surface area contributed by atoms with Gasteiger partial charge in [-0.1, -0.05) is 12.1 Å². The highest BCUT2D eigenvalue weighted by atomic mass is 35.5. The third-order valence-electron chi connectivity index (χ3n) is 2.34. The standard InChI is InChI=1S/C12H18N2O2.ClH/c1-9(14-12(15)6-7-13)10-4-3-5-11(8-10)16-2;/h3-5,8-9H,6-7,13H2,1-2H3,(H,14,15);1H. The summed E-state index contributed by atoms with van der Waals surface area (Å²) in [5.41, 5.74) is 6.33. The van der Waals surface area contributed by atoms with Crippen molar-refractivity contribution in [1.29, 1.82) is 0 Å². The van der Waals surface area contributed by atoms with Gasteiger partial charge in [0, 0.05) is 13.0 Å². The van der Waals surface area contributed by atoms with Gasteiger partial charge >= 0.3 is 0 Å². The lowest BCUT2D eigenvalue weighted by Crippen LogP contribution is -2.28. The van der Waals surface area contributed by atoms with E-state index in [0.717, 1.165) is 11.3 Å². The van der Waals surface area contributed by atoms with Crippen LogP contribution in [0.1, 0.15) is 24.9 Å². The van der Waals surface area contributed by atoms with Crippen molar-refractivity contribution in [3.8, 4) is 5.75 Å². The first-order valence-electron chi connectivity index (χ1n) is 5.30. The van der Waals surface area contributed by atoms with E-state index in [4.69, 9.17) is 10.5 Å². The molecule has 0 bridgehead atoms. The molecule has 0 aliphatic heterocycles. The fraction of sp³-hybridized carbons (Fsp3) is 0.417. The van der Waals surface area contributed by atoms with E-state index in [1.54, 1.807) is 7.11 Å². The van der Waals surface area contributed by atoms with Gasteiger partial charge in [-0.2, -0.15) is 0 Å². The molecule has 1 rings (SSSR count). The maximum Gasteiger partial charge on any atom is 0.221 e. The minimum atomic E-state index is -0.0332. The number of nitrogens with one attached hydrogen (secondary N) is 1. The van der Waals surface area contributed by atoms with Crippen molar-refractivity contribution < 1.29 is 9.53 Å². The van der Waals surface area contributed by atoms with Crippen LogP contribution in [-0.2, 0) is 4.79 Å². The molecule has 0 spiro atoms. The SMILES string of the molecule is COc1cccc(C(C)NC(=O)CCN)c1.Cl. The van der Waals surface area contributed by atoms with Gasteiger partial charge in [0.05, 0.1) is 13.2 Å². The van der Waals surface area contributed by atoms with Gasteiger partial charge in [-0.05, 0) is 24.6 Å². The molecule has 0 saturated heterocycles. The summed E-state index contributed by atoms with van der Waals surface area (Å²) in [6.07, 6.45) is 0.355. The highest BCUT2D eigenvalue weighted by Gasteiger charge is 2.09. The van der Waals surface area contributed by atoms with E-state index in [2.05, 4.69) is 5.32 Å². The van der Waals surface area contributed by atoms with E-state index in [-0.39, 0.29) is 24.4 Å². The van der Waals surface area contributed by atoms with E-state index in [0.29, 0.717) is 13.0 Å². The monoisotopic (exact) mass is 258 g/mol. The number of carbonyl (C=O) groups is 1. The average molecular weight is 259 g/mol. The molecule has 1 atom stereocenters. The van der Waals surface area contributed by atoms with Crippen molar-refractivity contribution >= 4 is 18.3 Å². The molecular weight excluding hydrogens is 240 g/mol. The number of methoxy groups -OCH3 is 1. The molecular formula is C12H19ClN2O2. The van der Waals surface area contributed by atoms with Gasteiger partial charge < -0.3 is 15.8 Å². The first-order chi connectivity index (χ1) is 7.67. The molecule has 1 aromatic carbocycles. The van der Waals surface area contributed by atoms with Gasteiger partial charge in [0.25, 0.3) is 0 Å². The minimum Gasteiger partial charge on any atom is -0.497 e. The average Bonchev–Trinajstić information content (AvgIpc) is 2.29. The van der Waals surface area contributed by atoms with Crippen LogP contribution < -0.4 is 15.8 Å². The molecule has 96 valence electrons. The number of amides is 1. The Kier molecular flexibility index (Phi) is 7.34. The molecule has 4 nitrogen and oxygen atoms in total.